The standard InChI is InChI=1S/C10H17NO3S/c1-8(5-12)6-15-7-10(14)11-4-2-3-9(11)13/h8,12H,2-7H2,1H3. The second-order valence-electron chi connectivity index (χ2n) is 3.85. The molecule has 1 N–H and O–H groups in total. The Balaban J connectivity index is 2.21. The minimum atomic E-state index is -0.0901. The Hall–Kier alpha value is -0.550. The molecule has 1 saturated heterocycles. The van der Waals surface area contributed by atoms with Crippen LogP contribution in [0.1, 0.15) is 19.8 Å². The van der Waals surface area contributed by atoms with Crippen LogP contribution in [-0.2, 0) is 9.59 Å². The number of hydrogen-bond donors (Lipinski definition) is 1. The smallest absolute Gasteiger partial charge is 0.239 e. The van der Waals surface area contributed by atoms with Crippen LogP contribution in [0, 0.1) is 5.92 Å². The number of hydrogen-bond acceptors (Lipinski definition) is 4. The molecular weight excluding hydrogens is 214 g/mol. The van der Waals surface area contributed by atoms with Crippen LogP contribution in [-0.4, -0.2) is 46.5 Å². The predicted octanol–water partition coefficient (Wildman–Crippen LogP) is 0.497. The van der Waals surface area contributed by atoms with Gasteiger partial charge in [-0.1, -0.05) is 6.92 Å². The zero-order chi connectivity index (χ0) is 11.3. The molecule has 0 aliphatic carbocycles. The summed E-state index contributed by atoms with van der Waals surface area (Å²) in [7, 11) is 0. The number of aliphatic hydroxyl groups excluding tert-OH is 1. The van der Waals surface area contributed by atoms with Gasteiger partial charge >= 0.3 is 0 Å². The zero-order valence-corrected chi connectivity index (χ0v) is 9.76. The van der Waals surface area contributed by atoms with Crippen molar-refractivity contribution < 1.29 is 14.7 Å². The summed E-state index contributed by atoms with van der Waals surface area (Å²) in [5, 5.41) is 8.79. The van der Waals surface area contributed by atoms with Crippen molar-refractivity contribution in [1.82, 2.24) is 4.90 Å². The fourth-order valence-electron chi connectivity index (χ4n) is 1.39. The molecule has 0 aromatic carbocycles. The Bertz CT molecular complexity index is 245. The van der Waals surface area contributed by atoms with Crippen molar-refractivity contribution in [3.63, 3.8) is 0 Å². The molecule has 1 aliphatic heterocycles. The van der Waals surface area contributed by atoms with Gasteiger partial charge in [0.2, 0.25) is 11.8 Å². The van der Waals surface area contributed by atoms with Crippen molar-refractivity contribution in [2.75, 3.05) is 24.7 Å². The number of thioether (sulfide) groups is 1. The highest BCUT2D eigenvalue weighted by atomic mass is 32.2. The third kappa shape index (κ3) is 3.83. The number of rotatable bonds is 5. The minimum Gasteiger partial charge on any atom is -0.396 e. The first kappa shape index (κ1) is 12.5. The topological polar surface area (TPSA) is 57.6 Å². The van der Waals surface area contributed by atoms with Crippen LogP contribution in [0.2, 0.25) is 0 Å². The molecule has 5 heteroatoms. The van der Waals surface area contributed by atoms with Gasteiger partial charge in [-0.05, 0) is 18.1 Å². The third-order valence-corrected chi connectivity index (χ3v) is 3.57. The summed E-state index contributed by atoms with van der Waals surface area (Å²) >= 11 is 1.48. The summed E-state index contributed by atoms with van der Waals surface area (Å²) in [5.41, 5.74) is 0. The SMILES string of the molecule is CC(CO)CSCC(=O)N1CCCC1=O. The molecule has 0 aromatic rings. The van der Waals surface area contributed by atoms with Crippen LogP contribution in [0.15, 0.2) is 0 Å². The highest BCUT2D eigenvalue weighted by molar-refractivity contribution is 7.99. The zero-order valence-electron chi connectivity index (χ0n) is 8.94. The molecule has 0 aromatic heterocycles. The average Bonchev–Trinajstić information content (AvgIpc) is 2.64. The first-order valence-electron chi connectivity index (χ1n) is 5.17. The van der Waals surface area contributed by atoms with E-state index in [1.807, 2.05) is 6.92 Å². The maximum absolute atomic E-state index is 11.5. The summed E-state index contributed by atoms with van der Waals surface area (Å²) in [6.45, 7) is 2.65. The van der Waals surface area contributed by atoms with Crippen LogP contribution in [0.5, 0.6) is 0 Å². The first-order chi connectivity index (χ1) is 7.15. The van der Waals surface area contributed by atoms with Crippen LogP contribution in [0.3, 0.4) is 0 Å². The Labute approximate surface area is 94.0 Å². The lowest BCUT2D eigenvalue weighted by Gasteiger charge is -2.13. The van der Waals surface area contributed by atoms with E-state index < -0.39 is 0 Å². The van der Waals surface area contributed by atoms with E-state index in [4.69, 9.17) is 5.11 Å². The molecule has 86 valence electrons. The van der Waals surface area contributed by atoms with E-state index in [0.29, 0.717) is 18.7 Å². The van der Waals surface area contributed by atoms with Crippen molar-refractivity contribution in [3.8, 4) is 0 Å². The van der Waals surface area contributed by atoms with Crippen molar-refractivity contribution in [3.05, 3.63) is 0 Å². The van der Waals surface area contributed by atoms with Gasteiger partial charge < -0.3 is 5.11 Å². The highest BCUT2D eigenvalue weighted by Gasteiger charge is 2.25. The molecular formula is C10H17NO3S. The molecule has 0 saturated carbocycles. The predicted molar refractivity (Wildman–Crippen MR) is 59.5 cm³/mol. The van der Waals surface area contributed by atoms with Gasteiger partial charge in [-0.15, -0.1) is 0 Å². The maximum Gasteiger partial charge on any atom is 0.239 e. The maximum atomic E-state index is 11.5. The van der Waals surface area contributed by atoms with Crippen molar-refractivity contribution in [2.45, 2.75) is 19.8 Å². The second-order valence-corrected chi connectivity index (χ2v) is 4.88. The summed E-state index contributed by atoms with van der Waals surface area (Å²) in [6, 6.07) is 0. The van der Waals surface area contributed by atoms with Crippen LogP contribution >= 0.6 is 11.8 Å². The van der Waals surface area contributed by atoms with E-state index in [1.165, 1.54) is 16.7 Å². The molecule has 1 heterocycles. The average molecular weight is 231 g/mol. The van der Waals surface area contributed by atoms with E-state index in [1.54, 1.807) is 0 Å². The molecule has 15 heavy (non-hydrogen) atoms. The highest BCUT2D eigenvalue weighted by Crippen LogP contribution is 2.13. The van der Waals surface area contributed by atoms with E-state index >= 15 is 0 Å². The summed E-state index contributed by atoms with van der Waals surface area (Å²) < 4.78 is 0. The van der Waals surface area contributed by atoms with Gasteiger partial charge in [0.25, 0.3) is 0 Å². The molecule has 1 rings (SSSR count). The number of imide groups is 1. The fraction of sp³-hybridized carbons (Fsp3) is 0.800. The van der Waals surface area contributed by atoms with Crippen molar-refractivity contribution in [2.24, 2.45) is 5.92 Å². The van der Waals surface area contributed by atoms with Gasteiger partial charge in [0.1, 0.15) is 0 Å². The van der Waals surface area contributed by atoms with Gasteiger partial charge in [-0.3, -0.25) is 14.5 Å². The van der Waals surface area contributed by atoms with Gasteiger partial charge in [0.15, 0.2) is 0 Å². The molecule has 1 fully saturated rings. The Morgan fingerprint density at radius 2 is 2.40 bits per heavy atom. The number of aliphatic hydroxyl groups is 1. The normalized spacial score (nSPS) is 18.3. The van der Waals surface area contributed by atoms with Gasteiger partial charge in [0.05, 0.1) is 5.75 Å². The Morgan fingerprint density at radius 1 is 1.67 bits per heavy atom. The summed E-state index contributed by atoms with van der Waals surface area (Å²) in [5.74, 6) is 1.17. The van der Waals surface area contributed by atoms with Gasteiger partial charge in [0, 0.05) is 19.6 Å². The monoisotopic (exact) mass is 231 g/mol. The lowest BCUT2D eigenvalue weighted by atomic mass is 10.2. The van der Waals surface area contributed by atoms with E-state index in [-0.39, 0.29) is 24.3 Å². The van der Waals surface area contributed by atoms with Crippen molar-refractivity contribution >= 4 is 23.6 Å². The summed E-state index contributed by atoms with van der Waals surface area (Å²) in [6.07, 6.45) is 1.30. The van der Waals surface area contributed by atoms with Crippen LogP contribution in [0.25, 0.3) is 0 Å². The molecule has 1 atom stereocenters. The third-order valence-electron chi connectivity index (χ3n) is 2.31. The van der Waals surface area contributed by atoms with E-state index in [0.717, 1.165) is 12.2 Å². The van der Waals surface area contributed by atoms with Gasteiger partial charge in [-0.2, -0.15) is 11.8 Å². The quantitative estimate of drug-likeness (QED) is 0.748. The molecule has 0 radical (unpaired) electrons. The lowest BCUT2D eigenvalue weighted by molar-refractivity contribution is -0.140. The number of carbonyl (C=O) groups is 2. The van der Waals surface area contributed by atoms with E-state index in [2.05, 4.69) is 0 Å². The second kappa shape index (κ2) is 6.12. The fourth-order valence-corrected chi connectivity index (χ4v) is 2.35. The van der Waals surface area contributed by atoms with Crippen LogP contribution in [0.4, 0.5) is 0 Å². The molecule has 0 spiro atoms. The van der Waals surface area contributed by atoms with Crippen LogP contribution < -0.4 is 0 Å². The number of carbonyl (C=O) groups excluding carboxylic acids is 2. The number of nitrogens with zero attached hydrogens (tertiary/aromatic N) is 1. The Morgan fingerprint density at radius 3 is 2.93 bits per heavy atom. The van der Waals surface area contributed by atoms with Crippen molar-refractivity contribution in [1.29, 1.82) is 0 Å². The number of likely N-dealkylation sites (tertiary alicyclic amines) is 1. The Kier molecular flexibility index (Phi) is 5.11. The van der Waals surface area contributed by atoms with E-state index in [9.17, 15) is 9.59 Å². The summed E-state index contributed by atoms with van der Waals surface area (Å²) in [4.78, 5) is 24.1. The molecule has 0 bridgehead atoms. The molecule has 2 amide bonds. The van der Waals surface area contributed by atoms with Gasteiger partial charge in [-0.25, -0.2) is 0 Å². The first-order valence-corrected chi connectivity index (χ1v) is 6.32. The minimum absolute atomic E-state index is 0.0455. The molecule has 1 aliphatic rings. The largest absolute Gasteiger partial charge is 0.396 e. The molecule has 1 unspecified atom stereocenters. The molecule has 4 nitrogen and oxygen atoms in total. The number of amides is 2. The lowest BCUT2D eigenvalue weighted by Crippen LogP contribution is -2.33.